The Morgan fingerprint density at radius 1 is 1.14 bits per heavy atom. The summed E-state index contributed by atoms with van der Waals surface area (Å²) in [4.78, 5) is 16.7. The molecule has 0 aliphatic heterocycles. The number of ether oxygens (including phenoxy) is 1. The molecule has 3 aromatic rings. The summed E-state index contributed by atoms with van der Waals surface area (Å²) in [5.74, 6) is 1.41. The molecule has 0 atom stereocenters. The number of rotatable bonds is 5. The maximum atomic E-state index is 5.68. The van der Waals surface area contributed by atoms with E-state index in [2.05, 4.69) is 33.8 Å². The topological polar surface area (TPSA) is 63.7 Å². The van der Waals surface area contributed by atoms with E-state index in [-0.39, 0.29) is 0 Å². The Morgan fingerprint density at radius 2 is 1.95 bits per heavy atom. The van der Waals surface area contributed by atoms with Crippen molar-refractivity contribution in [2.75, 3.05) is 6.61 Å². The summed E-state index contributed by atoms with van der Waals surface area (Å²) >= 11 is 1.58. The number of benzene rings is 1. The minimum Gasteiger partial charge on any atom is -0.493 e. The van der Waals surface area contributed by atoms with Gasteiger partial charge in [-0.1, -0.05) is 25.6 Å². The van der Waals surface area contributed by atoms with Gasteiger partial charge in [0.1, 0.15) is 22.6 Å². The number of nitrogens with zero attached hydrogens (tertiary/aromatic N) is 3. The summed E-state index contributed by atoms with van der Waals surface area (Å²) in [7, 11) is 0. The highest BCUT2D eigenvalue weighted by molar-refractivity contribution is 7.99. The Bertz CT molecular complexity index is 724. The van der Waals surface area contributed by atoms with Crippen LogP contribution < -0.4 is 4.74 Å². The average Bonchev–Trinajstić information content (AvgIpc) is 2.96. The van der Waals surface area contributed by atoms with E-state index in [4.69, 9.17) is 4.74 Å². The van der Waals surface area contributed by atoms with E-state index in [1.54, 1.807) is 18.1 Å². The number of aromatic amines is 1. The fourth-order valence-electron chi connectivity index (χ4n) is 1.80. The van der Waals surface area contributed by atoms with Crippen LogP contribution in [0.5, 0.6) is 5.75 Å². The summed E-state index contributed by atoms with van der Waals surface area (Å²) in [5.41, 5.74) is 1.55. The molecule has 6 heteroatoms. The van der Waals surface area contributed by atoms with E-state index in [0.717, 1.165) is 27.8 Å². The lowest BCUT2D eigenvalue weighted by atomic mass is 10.2. The van der Waals surface area contributed by atoms with Crippen LogP contribution in [0.3, 0.4) is 0 Å². The van der Waals surface area contributed by atoms with Gasteiger partial charge in [-0.25, -0.2) is 15.0 Å². The van der Waals surface area contributed by atoms with Gasteiger partial charge < -0.3 is 9.72 Å². The average molecular weight is 300 g/mol. The molecule has 0 spiro atoms. The second-order valence-corrected chi connectivity index (χ2v) is 6.12. The molecular formula is C15H16N4OS. The number of imidazole rings is 1. The lowest BCUT2D eigenvalue weighted by molar-refractivity contribution is 0.271. The highest BCUT2D eigenvalue weighted by Gasteiger charge is 2.07. The van der Waals surface area contributed by atoms with Gasteiger partial charge in [0, 0.05) is 4.90 Å². The molecule has 5 nitrogen and oxygen atoms in total. The van der Waals surface area contributed by atoms with Crippen LogP contribution in [0.1, 0.15) is 13.8 Å². The first-order chi connectivity index (χ1) is 10.2. The Kier molecular flexibility index (Phi) is 4.06. The first-order valence-corrected chi connectivity index (χ1v) is 7.59. The van der Waals surface area contributed by atoms with Gasteiger partial charge in [-0.3, -0.25) is 0 Å². The minimum absolute atomic E-state index is 0.522. The number of aromatic nitrogens is 4. The molecule has 2 heterocycles. The van der Waals surface area contributed by atoms with Crippen molar-refractivity contribution in [3.8, 4) is 5.75 Å². The van der Waals surface area contributed by atoms with Gasteiger partial charge in [0.05, 0.1) is 12.9 Å². The number of nitrogens with one attached hydrogen (secondary N) is 1. The molecule has 21 heavy (non-hydrogen) atoms. The van der Waals surface area contributed by atoms with E-state index < -0.39 is 0 Å². The van der Waals surface area contributed by atoms with Gasteiger partial charge in [0.15, 0.2) is 5.65 Å². The molecule has 0 radical (unpaired) electrons. The van der Waals surface area contributed by atoms with Crippen LogP contribution in [0, 0.1) is 5.92 Å². The van der Waals surface area contributed by atoms with Crippen LogP contribution in [-0.2, 0) is 0 Å². The summed E-state index contributed by atoms with van der Waals surface area (Å²) in [6, 6.07) is 8.03. The van der Waals surface area contributed by atoms with Crippen molar-refractivity contribution in [2.24, 2.45) is 5.92 Å². The highest BCUT2D eigenvalue weighted by atomic mass is 32.2. The van der Waals surface area contributed by atoms with Crippen molar-refractivity contribution in [2.45, 2.75) is 23.8 Å². The van der Waals surface area contributed by atoms with Crippen LogP contribution >= 0.6 is 11.8 Å². The molecule has 0 bridgehead atoms. The van der Waals surface area contributed by atoms with Crippen LogP contribution in [0.15, 0.2) is 46.8 Å². The summed E-state index contributed by atoms with van der Waals surface area (Å²) in [5, 5.41) is 0.869. The maximum absolute atomic E-state index is 5.68. The summed E-state index contributed by atoms with van der Waals surface area (Å²) < 4.78 is 5.68. The number of H-pyrrole nitrogens is 1. The molecule has 108 valence electrons. The molecule has 3 rings (SSSR count). The Hall–Kier alpha value is -2.08. The van der Waals surface area contributed by atoms with Gasteiger partial charge in [0.25, 0.3) is 0 Å². The zero-order chi connectivity index (χ0) is 14.7. The van der Waals surface area contributed by atoms with Crippen LogP contribution in [-0.4, -0.2) is 26.5 Å². The van der Waals surface area contributed by atoms with Crippen molar-refractivity contribution in [3.05, 3.63) is 36.9 Å². The molecular weight excluding hydrogens is 284 g/mol. The standard InChI is InChI=1S/C15H16N4OS/c1-10(2)7-20-11-3-5-12(6-4-11)21-15-13-14(17-8-16-13)18-9-19-15/h3-6,8-10H,7H2,1-2H3,(H,16,17,18,19). The van der Waals surface area contributed by atoms with Gasteiger partial charge in [0.2, 0.25) is 0 Å². The van der Waals surface area contributed by atoms with E-state index in [1.807, 2.05) is 24.3 Å². The third kappa shape index (κ3) is 3.33. The second-order valence-electron chi connectivity index (χ2n) is 5.06. The first-order valence-electron chi connectivity index (χ1n) is 6.77. The number of fused-ring (bicyclic) bond motifs is 1. The molecule has 0 unspecified atom stereocenters. The molecule has 0 saturated carbocycles. The van der Waals surface area contributed by atoms with Crippen molar-refractivity contribution in [3.63, 3.8) is 0 Å². The summed E-state index contributed by atoms with van der Waals surface area (Å²) in [6.07, 6.45) is 3.16. The molecule has 0 saturated heterocycles. The molecule has 0 aliphatic carbocycles. The van der Waals surface area contributed by atoms with Crippen molar-refractivity contribution in [1.82, 2.24) is 19.9 Å². The Morgan fingerprint density at radius 3 is 2.71 bits per heavy atom. The smallest absolute Gasteiger partial charge is 0.181 e. The fourth-order valence-corrected chi connectivity index (χ4v) is 2.65. The van der Waals surface area contributed by atoms with E-state index >= 15 is 0 Å². The van der Waals surface area contributed by atoms with E-state index in [1.165, 1.54) is 6.33 Å². The predicted molar refractivity (Wildman–Crippen MR) is 82.6 cm³/mol. The fraction of sp³-hybridized carbons (Fsp3) is 0.267. The molecule has 2 aromatic heterocycles. The van der Waals surface area contributed by atoms with Gasteiger partial charge in [-0.2, -0.15) is 0 Å². The molecule has 1 N–H and O–H groups in total. The third-order valence-corrected chi connectivity index (χ3v) is 3.82. The Balaban J connectivity index is 1.74. The number of hydrogen-bond donors (Lipinski definition) is 1. The minimum atomic E-state index is 0.522. The van der Waals surface area contributed by atoms with E-state index in [9.17, 15) is 0 Å². The highest BCUT2D eigenvalue weighted by Crippen LogP contribution is 2.30. The molecule has 0 amide bonds. The van der Waals surface area contributed by atoms with Crippen LogP contribution in [0.2, 0.25) is 0 Å². The lowest BCUT2D eigenvalue weighted by Crippen LogP contribution is -2.04. The largest absolute Gasteiger partial charge is 0.493 e. The van der Waals surface area contributed by atoms with Crippen molar-refractivity contribution >= 4 is 22.9 Å². The van der Waals surface area contributed by atoms with Crippen LogP contribution in [0.4, 0.5) is 0 Å². The zero-order valence-electron chi connectivity index (χ0n) is 11.9. The van der Waals surface area contributed by atoms with Gasteiger partial charge in [-0.15, -0.1) is 0 Å². The SMILES string of the molecule is CC(C)COc1ccc(Sc2ncnc3nc[nH]c23)cc1. The summed E-state index contributed by atoms with van der Waals surface area (Å²) in [6.45, 7) is 5.00. The quantitative estimate of drug-likeness (QED) is 0.730. The normalized spacial score (nSPS) is 11.2. The molecule has 1 aromatic carbocycles. The van der Waals surface area contributed by atoms with Gasteiger partial charge in [-0.05, 0) is 30.2 Å². The third-order valence-electron chi connectivity index (χ3n) is 2.81. The molecule has 0 aliphatic rings. The van der Waals surface area contributed by atoms with E-state index in [0.29, 0.717) is 11.6 Å². The first kappa shape index (κ1) is 13.9. The molecule has 0 fully saturated rings. The second kappa shape index (κ2) is 6.13. The predicted octanol–water partition coefficient (Wildman–Crippen LogP) is 3.54. The Labute approximate surface area is 127 Å². The lowest BCUT2D eigenvalue weighted by Gasteiger charge is -2.09. The monoisotopic (exact) mass is 300 g/mol. The number of hydrogen-bond acceptors (Lipinski definition) is 5. The maximum Gasteiger partial charge on any atom is 0.181 e. The zero-order valence-corrected chi connectivity index (χ0v) is 12.7. The van der Waals surface area contributed by atoms with Crippen molar-refractivity contribution in [1.29, 1.82) is 0 Å². The van der Waals surface area contributed by atoms with Gasteiger partial charge >= 0.3 is 0 Å². The van der Waals surface area contributed by atoms with Crippen molar-refractivity contribution < 1.29 is 4.74 Å². The van der Waals surface area contributed by atoms with Crippen LogP contribution in [0.25, 0.3) is 11.2 Å².